The molecule has 24 heavy (non-hydrogen) atoms. The molecule has 0 aliphatic carbocycles. The minimum atomic E-state index is -4.55. The lowest BCUT2D eigenvalue weighted by Crippen LogP contribution is -2.20. The van der Waals surface area contributed by atoms with E-state index in [0.29, 0.717) is 11.3 Å². The van der Waals surface area contributed by atoms with Crippen molar-refractivity contribution in [1.82, 2.24) is 0 Å². The van der Waals surface area contributed by atoms with Gasteiger partial charge in [-0.25, -0.2) is 4.79 Å². The van der Waals surface area contributed by atoms with Gasteiger partial charge in [0.15, 0.2) is 5.78 Å². The molecule has 2 N–H and O–H groups in total. The van der Waals surface area contributed by atoms with Crippen molar-refractivity contribution in [2.75, 3.05) is 10.6 Å². The zero-order chi connectivity index (χ0) is 17.9. The van der Waals surface area contributed by atoms with Crippen LogP contribution in [0.4, 0.5) is 29.3 Å². The molecule has 0 heterocycles. The number of urea groups is 1. The number of benzene rings is 2. The second-order valence-electron chi connectivity index (χ2n) is 4.91. The molecule has 0 bridgehead atoms. The average Bonchev–Trinajstić information content (AvgIpc) is 2.48. The summed E-state index contributed by atoms with van der Waals surface area (Å²) in [5, 5.41) is 4.65. The second-order valence-corrected chi connectivity index (χ2v) is 5.32. The van der Waals surface area contributed by atoms with Crippen molar-refractivity contribution in [2.45, 2.75) is 13.1 Å². The van der Waals surface area contributed by atoms with Gasteiger partial charge < -0.3 is 10.6 Å². The monoisotopic (exact) mass is 356 g/mol. The second kappa shape index (κ2) is 6.92. The van der Waals surface area contributed by atoms with Gasteiger partial charge in [-0.05, 0) is 37.3 Å². The Labute approximate surface area is 140 Å². The van der Waals surface area contributed by atoms with Crippen molar-refractivity contribution < 1.29 is 22.8 Å². The molecule has 4 nitrogen and oxygen atoms in total. The summed E-state index contributed by atoms with van der Waals surface area (Å²) in [5.74, 6) is -0.181. The van der Waals surface area contributed by atoms with E-state index in [-0.39, 0.29) is 16.5 Å². The Hall–Kier alpha value is -2.54. The average molecular weight is 357 g/mol. The van der Waals surface area contributed by atoms with Gasteiger partial charge in [-0.1, -0.05) is 23.7 Å². The van der Waals surface area contributed by atoms with Crippen molar-refractivity contribution >= 4 is 34.8 Å². The number of hydrogen-bond acceptors (Lipinski definition) is 2. The number of ketones is 1. The summed E-state index contributed by atoms with van der Waals surface area (Å²) in [6.45, 7) is 1.38. The third kappa shape index (κ3) is 4.48. The summed E-state index contributed by atoms with van der Waals surface area (Å²) in [6, 6.07) is 7.98. The fraction of sp³-hybridized carbons (Fsp3) is 0.125. The molecule has 0 atom stereocenters. The first-order valence-corrected chi connectivity index (χ1v) is 7.10. The Morgan fingerprint density at radius 2 is 1.75 bits per heavy atom. The van der Waals surface area contributed by atoms with E-state index in [1.54, 1.807) is 18.2 Å². The number of nitrogens with one attached hydrogen (secondary N) is 2. The predicted octanol–water partition coefficient (Wildman–Crippen LogP) is 5.21. The number of Topliss-reactive ketones (excluding diaryl/α,β-unsaturated/α-hetero) is 1. The number of anilines is 2. The molecule has 8 heteroatoms. The number of carbonyl (C=O) groups excluding carboxylic acids is 2. The predicted molar refractivity (Wildman–Crippen MR) is 85.5 cm³/mol. The van der Waals surface area contributed by atoms with Crippen molar-refractivity contribution in [3.05, 3.63) is 58.6 Å². The number of amides is 2. The highest BCUT2D eigenvalue weighted by molar-refractivity contribution is 6.33. The fourth-order valence-corrected chi connectivity index (χ4v) is 2.06. The van der Waals surface area contributed by atoms with E-state index in [1.807, 2.05) is 0 Å². The van der Waals surface area contributed by atoms with Gasteiger partial charge in [0, 0.05) is 11.3 Å². The number of hydrogen-bond donors (Lipinski definition) is 2. The Kier molecular flexibility index (Phi) is 5.14. The summed E-state index contributed by atoms with van der Waals surface area (Å²) >= 11 is 5.81. The number of alkyl halides is 3. The highest BCUT2D eigenvalue weighted by Crippen LogP contribution is 2.33. The molecule has 0 radical (unpaired) electrons. The first kappa shape index (κ1) is 17.8. The molecule has 0 aliphatic heterocycles. The zero-order valence-electron chi connectivity index (χ0n) is 12.4. The third-order valence-electron chi connectivity index (χ3n) is 3.07. The minimum absolute atomic E-state index is 0.0318. The van der Waals surface area contributed by atoms with E-state index in [4.69, 9.17) is 11.6 Å². The quantitative estimate of drug-likeness (QED) is 0.742. The van der Waals surface area contributed by atoms with Crippen LogP contribution in [0.1, 0.15) is 22.8 Å². The third-order valence-corrected chi connectivity index (χ3v) is 3.40. The molecule has 0 spiro atoms. The maximum atomic E-state index is 12.7. The van der Waals surface area contributed by atoms with Crippen LogP contribution in [0.3, 0.4) is 0 Å². The minimum Gasteiger partial charge on any atom is -0.308 e. The molecule has 2 amide bonds. The van der Waals surface area contributed by atoms with E-state index in [0.717, 1.165) is 18.2 Å². The van der Waals surface area contributed by atoms with Crippen LogP contribution in [-0.2, 0) is 6.18 Å². The fourth-order valence-electron chi connectivity index (χ4n) is 1.90. The normalized spacial score (nSPS) is 11.0. The van der Waals surface area contributed by atoms with Gasteiger partial charge in [0.05, 0.1) is 16.3 Å². The standard InChI is InChI=1S/C16H12ClF3N2O2/c1-9(23)10-3-2-4-12(7-10)21-15(24)22-14-8-11(16(18,19)20)5-6-13(14)17/h2-8H,1H3,(H2,21,22,24). The van der Waals surface area contributed by atoms with Gasteiger partial charge >= 0.3 is 12.2 Å². The van der Waals surface area contributed by atoms with Crippen LogP contribution < -0.4 is 10.6 Å². The Bertz CT molecular complexity index is 791. The topological polar surface area (TPSA) is 58.2 Å². The lowest BCUT2D eigenvalue weighted by atomic mass is 10.1. The molecule has 2 rings (SSSR count). The van der Waals surface area contributed by atoms with Crippen LogP contribution in [-0.4, -0.2) is 11.8 Å². The van der Waals surface area contributed by atoms with Gasteiger partial charge in [0.25, 0.3) is 0 Å². The first-order valence-electron chi connectivity index (χ1n) is 6.72. The Morgan fingerprint density at radius 1 is 1.04 bits per heavy atom. The van der Waals surface area contributed by atoms with Crippen LogP contribution in [0.15, 0.2) is 42.5 Å². The van der Waals surface area contributed by atoms with E-state index in [1.165, 1.54) is 13.0 Å². The van der Waals surface area contributed by atoms with Crippen molar-refractivity contribution in [3.63, 3.8) is 0 Å². The maximum Gasteiger partial charge on any atom is 0.416 e. The molecule has 0 saturated heterocycles. The molecule has 2 aromatic carbocycles. The van der Waals surface area contributed by atoms with Gasteiger partial charge in [-0.15, -0.1) is 0 Å². The first-order chi connectivity index (χ1) is 11.2. The summed E-state index contributed by atoms with van der Waals surface area (Å²) in [7, 11) is 0. The molecule has 0 fully saturated rings. The zero-order valence-corrected chi connectivity index (χ0v) is 13.1. The molecular formula is C16H12ClF3N2O2. The summed E-state index contributed by atoms with van der Waals surface area (Å²) < 4.78 is 38.1. The lowest BCUT2D eigenvalue weighted by molar-refractivity contribution is -0.137. The van der Waals surface area contributed by atoms with Crippen LogP contribution in [0.25, 0.3) is 0 Å². The molecular weight excluding hydrogens is 345 g/mol. The number of rotatable bonds is 3. The highest BCUT2D eigenvalue weighted by atomic mass is 35.5. The molecule has 0 aliphatic rings. The molecule has 0 unspecified atom stereocenters. The smallest absolute Gasteiger partial charge is 0.308 e. The van der Waals surface area contributed by atoms with E-state index < -0.39 is 17.8 Å². The van der Waals surface area contributed by atoms with Crippen molar-refractivity contribution in [2.24, 2.45) is 0 Å². The van der Waals surface area contributed by atoms with Crippen molar-refractivity contribution in [1.29, 1.82) is 0 Å². The molecule has 126 valence electrons. The van der Waals surface area contributed by atoms with Crippen LogP contribution in [0.2, 0.25) is 5.02 Å². The van der Waals surface area contributed by atoms with E-state index in [9.17, 15) is 22.8 Å². The highest BCUT2D eigenvalue weighted by Gasteiger charge is 2.31. The van der Waals surface area contributed by atoms with Crippen LogP contribution in [0, 0.1) is 0 Å². The van der Waals surface area contributed by atoms with Gasteiger partial charge in [0.2, 0.25) is 0 Å². The molecule has 2 aromatic rings. The summed E-state index contributed by atoms with van der Waals surface area (Å²) in [4.78, 5) is 23.2. The van der Waals surface area contributed by atoms with E-state index >= 15 is 0 Å². The van der Waals surface area contributed by atoms with Crippen LogP contribution >= 0.6 is 11.6 Å². The van der Waals surface area contributed by atoms with Gasteiger partial charge in [0.1, 0.15) is 0 Å². The van der Waals surface area contributed by atoms with Gasteiger partial charge in [-0.3, -0.25) is 4.79 Å². The number of carbonyl (C=O) groups is 2. The lowest BCUT2D eigenvalue weighted by Gasteiger charge is -2.12. The van der Waals surface area contributed by atoms with E-state index in [2.05, 4.69) is 10.6 Å². The Balaban J connectivity index is 2.15. The number of halogens is 4. The van der Waals surface area contributed by atoms with Crippen molar-refractivity contribution in [3.8, 4) is 0 Å². The molecule has 0 saturated carbocycles. The largest absolute Gasteiger partial charge is 0.416 e. The Morgan fingerprint density at radius 3 is 2.38 bits per heavy atom. The SMILES string of the molecule is CC(=O)c1cccc(NC(=O)Nc2cc(C(F)(F)F)ccc2Cl)c1. The van der Waals surface area contributed by atoms with Crippen LogP contribution in [0.5, 0.6) is 0 Å². The summed E-state index contributed by atoms with van der Waals surface area (Å²) in [5.41, 5.74) is -0.388. The molecule has 0 aromatic heterocycles. The maximum absolute atomic E-state index is 12.7. The van der Waals surface area contributed by atoms with Gasteiger partial charge in [-0.2, -0.15) is 13.2 Å². The summed E-state index contributed by atoms with van der Waals surface area (Å²) in [6.07, 6.45) is -4.55.